The second-order valence-electron chi connectivity index (χ2n) is 8.04. The molecular weight excluding hydrogens is 364 g/mol. The van der Waals surface area contributed by atoms with Gasteiger partial charge in [0.05, 0.1) is 11.8 Å². The van der Waals surface area contributed by atoms with E-state index in [2.05, 4.69) is 36.6 Å². The highest BCUT2D eigenvalue weighted by Gasteiger charge is 2.25. The number of phenolic OH excluding ortho intramolecular Hbond substituents is 1. The molecule has 2 aromatic carbocycles. The van der Waals surface area contributed by atoms with Gasteiger partial charge in [0, 0.05) is 18.2 Å². The molecule has 0 bridgehead atoms. The lowest BCUT2D eigenvalue weighted by atomic mass is 9.97. The van der Waals surface area contributed by atoms with Gasteiger partial charge in [0.25, 0.3) is 0 Å². The number of fused-ring (bicyclic) bond motifs is 2. The molecule has 5 N–H and O–H groups in total. The lowest BCUT2D eigenvalue weighted by Crippen LogP contribution is -2.33. The zero-order valence-electron chi connectivity index (χ0n) is 17.1. The number of aryl methyl sites for hydroxylation is 2. The normalized spacial score (nSPS) is 19.0. The van der Waals surface area contributed by atoms with E-state index in [1.165, 1.54) is 22.3 Å². The average Bonchev–Trinajstić information content (AvgIpc) is 3.13. The number of aliphatic hydroxyl groups excluding tert-OH is 2. The summed E-state index contributed by atoms with van der Waals surface area (Å²) in [7, 11) is 0. The molecule has 4 rings (SSSR count). The molecule has 29 heavy (non-hydrogen) atoms. The first-order valence-electron chi connectivity index (χ1n) is 10.5. The molecule has 2 unspecified atom stereocenters. The van der Waals surface area contributed by atoms with Crippen LogP contribution in [0.2, 0.25) is 0 Å². The molecule has 0 radical (unpaired) electrons. The molecule has 0 aromatic heterocycles. The van der Waals surface area contributed by atoms with E-state index in [0.29, 0.717) is 18.3 Å². The van der Waals surface area contributed by atoms with Gasteiger partial charge in [-0.2, -0.15) is 0 Å². The summed E-state index contributed by atoms with van der Waals surface area (Å²) < 4.78 is 0. The third-order valence-corrected chi connectivity index (χ3v) is 6.17. The van der Waals surface area contributed by atoms with Crippen molar-refractivity contribution >= 4 is 11.8 Å². The smallest absolute Gasteiger partial charge is 0.144 e. The summed E-state index contributed by atoms with van der Waals surface area (Å²) in [6.45, 7) is 4.86. The van der Waals surface area contributed by atoms with Crippen LogP contribution >= 0.6 is 0 Å². The van der Waals surface area contributed by atoms with Crippen molar-refractivity contribution in [2.45, 2.75) is 57.9 Å². The molecule has 2 aromatic rings. The van der Waals surface area contributed by atoms with Gasteiger partial charge >= 0.3 is 0 Å². The van der Waals surface area contributed by atoms with Gasteiger partial charge in [-0.05, 0) is 65.6 Å². The highest BCUT2D eigenvalue weighted by Crippen LogP contribution is 2.37. The molecule has 0 amide bonds. The molecule has 1 aliphatic carbocycles. The quantitative estimate of drug-likeness (QED) is 0.486. The SMILES string of the molecule is CCc1cc2c(cc1CC)CC(NCC(O)c1ccc(O)c3c1C=CC(O)N3)C2. The number of rotatable bonds is 6. The molecule has 154 valence electrons. The van der Waals surface area contributed by atoms with Crippen molar-refractivity contribution in [3.8, 4) is 5.75 Å². The van der Waals surface area contributed by atoms with Crippen LogP contribution in [0.15, 0.2) is 30.3 Å². The van der Waals surface area contributed by atoms with Crippen molar-refractivity contribution in [1.29, 1.82) is 0 Å². The Bertz CT molecular complexity index is 905. The molecule has 2 aliphatic rings. The first-order valence-corrected chi connectivity index (χ1v) is 10.5. The first-order chi connectivity index (χ1) is 14.0. The van der Waals surface area contributed by atoms with Crippen LogP contribution in [0.4, 0.5) is 5.69 Å². The molecule has 5 heteroatoms. The minimum Gasteiger partial charge on any atom is -0.506 e. The van der Waals surface area contributed by atoms with Crippen LogP contribution in [0.1, 0.15) is 53.3 Å². The van der Waals surface area contributed by atoms with Gasteiger partial charge in [0.1, 0.15) is 12.0 Å². The number of anilines is 1. The Morgan fingerprint density at radius 3 is 2.38 bits per heavy atom. The third-order valence-electron chi connectivity index (χ3n) is 6.17. The van der Waals surface area contributed by atoms with Gasteiger partial charge < -0.3 is 26.0 Å². The lowest BCUT2D eigenvalue weighted by molar-refractivity contribution is 0.169. The topological polar surface area (TPSA) is 84.8 Å². The van der Waals surface area contributed by atoms with Crippen LogP contribution in [0.25, 0.3) is 6.08 Å². The number of phenols is 1. The van der Waals surface area contributed by atoms with Crippen molar-refractivity contribution < 1.29 is 15.3 Å². The van der Waals surface area contributed by atoms with Crippen molar-refractivity contribution in [3.05, 3.63) is 63.7 Å². The van der Waals surface area contributed by atoms with E-state index in [4.69, 9.17) is 0 Å². The van der Waals surface area contributed by atoms with Crippen LogP contribution in [0.3, 0.4) is 0 Å². The summed E-state index contributed by atoms with van der Waals surface area (Å²) in [4.78, 5) is 0. The van der Waals surface area contributed by atoms with E-state index in [1.807, 2.05) is 0 Å². The maximum absolute atomic E-state index is 10.8. The average molecular weight is 395 g/mol. The second-order valence-corrected chi connectivity index (χ2v) is 8.04. The highest BCUT2D eigenvalue weighted by molar-refractivity contribution is 5.78. The van der Waals surface area contributed by atoms with Crippen molar-refractivity contribution in [2.75, 3.05) is 11.9 Å². The maximum Gasteiger partial charge on any atom is 0.144 e. The van der Waals surface area contributed by atoms with Crippen molar-refractivity contribution in [3.63, 3.8) is 0 Å². The largest absolute Gasteiger partial charge is 0.506 e. The van der Waals surface area contributed by atoms with Crippen LogP contribution in [0, 0.1) is 0 Å². The monoisotopic (exact) mass is 394 g/mol. The minimum atomic E-state index is -0.836. The number of hydrogen-bond donors (Lipinski definition) is 5. The third kappa shape index (κ3) is 3.90. The Labute approximate surface area is 172 Å². The highest BCUT2D eigenvalue weighted by atomic mass is 16.3. The van der Waals surface area contributed by atoms with Gasteiger partial charge in [-0.3, -0.25) is 0 Å². The van der Waals surface area contributed by atoms with Gasteiger partial charge in [-0.15, -0.1) is 0 Å². The lowest BCUT2D eigenvalue weighted by Gasteiger charge is -2.24. The van der Waals surface area contributed by atoms with E-state index in [0.717, 1.165) is 36.8 Å². The molecule has 2 atom stereocenters. The van der Waals surface area contributed by atoms with Crippen LogP contribution < -0.4 is 10.6 Å². The summed E-state index contributed by atoms with van der Waals surface area (Å²) in [6.07, 6.45) is 5.92. The number of aliphatic hydroxyl groups is 2. The molecule has 0 fully saturated rings. The van der Waals surface area contributed by atoms with Crippen LogP contribution in [0.5, 0.6) is 5.75 Å². The Kier molecular flexibility index (Phi) is 5.63. The zero-order chi connectivity index (χ0) is 20.5. The fraction of sp³-hybridized carbons (Fsp3) is 0.417. The fourth-order valence-electron chi connectivity index (χ4n) is 4.59. The zero-order valence-corrected chi connectivity index (χ0v) is 17.1. The van der Waals surface area contributed by atoms with Gasteiger partial charge in [0.2, 0.25) is 0 Å². The Morgan fingerprint density at radius 1 is 1.10 bits per heavy atom. The van der Waals surface area contributed by atoms with E-state index < -0.39 is 12.3 Å². The second kappa shape index (κ2) is 8.19. The van der Waals surface area contributed by atoms with Crippen molar-refractivity contribution in [2.24, 2.45) is 0 Å². The van der Waals surface area contributed by atoms with E-state index in [9.17, 15) is 15.3 Å². The Morgan fingerprint density at radius 2 is 1.76 bits per heavy atom. The molecule has 1 aliphatic heterocycles. The number of benzene rings is 2. The molecular formula is C24H30N2O3. The summed E-state index contributed by atoms with van der Waals surface area (Å²) in [5.41, 5.74) is 7.66. The van der Waals surface area contributed by atoms with Crippen molar-refractivity contribution in [1.82, 2.24) is 5.32 Å². The van der Waals surface area contributed by atoms with Gasteiger partial charge in [0.15, 0.2) is 0 Å². The van der Waals surface area contributed by atoms with Crippen LogP contribution in [-0.2, 0) is 25.7 Å². The molecule has 1 heterocycles. The molecule has 0 saturated carbocycles. The Balaban J connectivity index is 1.44. The predicted molar refractivity (Wildman–Crippen MR) is 116 cm³/mol. The number of hydrogen-bond acceptors (Lipinski definition) is 5. The Hall–Kier alpha value is -2.34. The summed E-state index contributed by atoms with van der Waals surface area (Å²) in [5.74, 6) is 0.0667. The summed E-state index contributed by atoms with van der Waals surface area (Å²) >= 11 is 0. The fourth-order valence-corrected chi connectivity index (χ4v) is 4.59. The number of nitrogens with one attached hydrogen (secondary N) is 2. The molecule has 5 nitrogen and oxygen atoms in total. The number of aromatic hydroxyl groups is 1. The van der Waals surface area contributed by atoms with Crippen LogP contribution in [-0.4, -0.2) is 34.1 Å². The van der Waals surface area contributed by atoms with E-state index in [1.54, 1.807) is 24.3 Å². The molecule has 0 spiro atoms. The molecule has 0 saturated heterocycles. The standard InChI is InChI=1S/C24H30N2O3/c1-3-14-9-16-11-18(12-17(16)10-15(14)4-2)25-13-22(28)19-5-7-21(27)24-20(19)6-8-23(29)26-24/h5-10,18,22-23,25-29H,3-4,11-13H2,1-2H3. The van der Waals surface area contributed by atoms with Gasteiger partial charge in [-0.25, -0.2) is 0 Å². The van der Waals surface area contributed by atoms with Gasteiger partial charge in [-0.1, -0.05) is 38.1 Å². The maximum atomic E-state index is 10.8. The minimum absolute atomic E-state index is 0.0667. The predicted octanol–water partition coefficient (Wildman–Crippen LogP) is 3.06. The summed E-state index contributed by atoms with van der Waals surface area (Å²) in [6, 6.07) is 8.35. The first kappa shape index (κ1) is 20.0. The summed E-state index contributed by atoms with van der Waals surface area (Å²) in [5, 5.41) is 37.0. The van der Waals surface area contributed by atoms with E-state index in [-0.39, 0.29) is 5.75 Å². The van der Waals surface area contributed by atoms with E-state index >= 15 is 0 Å².